The van der Waals surface area contributed by atoms with Crippen molar-refractivity contribution in [1.82, 2.24) is 10.3 Å². The van der Waals surface area contributed by atoms with Crippen LogP contribution in [-0.4, -0.2) is 18.1 Å². The van der Waals surface area contributed by atoms with Crippen LogP contribution in [0, 0.1) is 0 Å². The Balaban J connectivity index is 0.00000288. The Hall–Kier alpha value is -1.20. The Bertz CT molecular complexity index is 627. The third-order valence-corrected chi connectivity index (χ3v) is 3.94. The number of benzene rings is 1. The van der Waals surface area contributed by atoms with Crippen LogP contribution in [0.25, 0.3) is 0 Å². The van der Waals surface area contributed by atoms with E-state index in [0.29, 0.717) is 29.2 Å². The molecule has 140 valence electrons. The first-order valence-corrected chi connectivity index (χ1v) is 8.13. The molecule has 2 rings (SSSR count). The summed E-state index contributed by atoms with van der Waals surface area (Å²) in [5.74, 6) is 1.20. The highest BCUT2D eigenvalue weighted by molar-refractivity contribution is 6.32. The van der Waals surface area contributed by atoms with Crippen molar-refractivity contribution in [3.8, 4) is 11.5 Å². The molecular formula is C18H25Cl3N2O2. The molecule has 1 unspecified atom stereocenters. The highest BCUT2D eigenvalue weighted by atomic mass is 35.5. The Morgan fingerprint density at radius 2 is 2.00 bits per heavy atom. The van der Waals surface area contributed by atoms with Crippen LogP contribution in [0.2, 0.25) is 5.02 Å². The molecule has 0 radical (unpaired) electrons. The predicted octanol–water partition coefficient (Wildman–Crippen LogP) is 5.05. The first-order valence-electron chi connectivity index (χ1n) is 7.75. The lowest BCUT2D eigenvalue weighted by atomic mass is 10.1. The van der Waals surface area contributed by atoms with E-state index in [1.54, 1.807) is 19.5 Å². The fraction of sp³-hybridized carbons (Fsp3) is 0.389. The average molecular weight is 408 g/mol. The van der Waals surface area contributed by atoms with Gasteiger partial charge in [0.2, 0.25) is 0 Å². The fourth-order valence-electron chi connectivity index (χ4n) is 2.09. The number of ether oxygens (including phenoxy) is 2. The summed E-state index contributed by atoms with van der Waals surface area (Å²) in [6.07, 6.45) is 4.58. The highest BCUT2D eigenvalue weighted by Gasteiger charge is 2.13. The minimum atomic E-state index is 0. The highest BCUT2D eigenvalue weighted by Crippen LogP contribution is 2.37. The maximum Gasteiger partial charge on any atom is 0.180 e. The van der Waals surface area contributed by atoms with Crippen LogP contribution in [0.1, 0.15) is 31.4 Å². The maximum atomic E-state index is 6.38. The number of nitrogens with one attached hydrogen (secondary N) is 1. The normalized spacial score (nSPS) is 11.0. The second-order valence-corrected chi connectivity index (χ2v) is 5.86. The number of aromatic nitrogens is 1. The number of nitrogens with zero attached hydrogens (tertiary/aromatic N) is 1. The molecule has 0 saturated carbocycles. The number of rotatable bonds is 8. The molecular weight excluding hydrogens is 383 g/mol. The molecule has 0 spiro atoms. The third kappa shape index (κ3) is 7.28. The van der Waals surface area contributed by atoms with Crippen LogP contribution in [0.5, 0.6) is 11.5 Å². The standard InChI is InChI=1S/C18H23ClN2O2.2ClH/c1-4-13(2)21-11-15-8-16(19)18(17(9-15)22-3)23-12-14-6-5-7-20-10-14;;/h5-10,13,21H,4,11-12H2,1-3H3;2*1H. The Morgan fingerprint density at radius 3 is 2.60 bits per heavy atom. The summed E-state index contributed by atoms with van der Waals surface area (Å²) >= 11 is 6.38. The van der Waals surface area contributed by atoms with E-state index in [1.165, 1.54) is 0 Å². The molecule has 4 nitrogen and oxygen atoms in total. The van der Waals surface area contributed by atoms with E-state index in [9.17, 15) is 0 Å². The van der Waals surface area contributed by atoms with E-state index in [2.05, 4.69) is 24.1 Å². The molecule has 0 aliphatic heterocycles. The van der Waals surface area contributed by atoms with E-state index < -0.39 is 0 Å². The van der Waals surface area contributed by atoms with Gasteiger partial charge >= 0.3 is 0 Å². The van der Waals surface area contributed by atoms with Crippen molar-refractivity contribution in [2.75, 3.05) is 7.11 Å². The summed E-state index contributed by atoms with van der Waals surface area (Å²) in [6.45, 7) is 5.45. The van der Waals surface area contributed by atoms with E-state index in [-0.39, 0.29) is 24.8 Å². The number of halogens is 3. The zero-order chi connectivity index (χ0) is 16.7. The maximum absolute atomic E-state index is 6.38. The molecule has 0 bridgehead atoms. The summed E-state index contributed by atoms with van der Waals surface area (Å²) in [4.78, 5) is 4.07. The molecule has 0 saturated heterocycles. The number of hydrogen-bond acceptors (Lipinski definition) is 4. The van der Waals surface area contributed by atoms with Crippen LogP contribution in [0.15, 0.2) is 36.7 Å². The molecule has 1 heterocycles. The first-order chi connectivity index (χ1) is 11.1. The van der Waals surface area contributed by atoms with Crippen molar-refractivity contribution in [3.05, 3.63) is 52.8 Å². The van der Waals surface area contributed by atoms with Gasteiger partial charge in [-0.25, -0.2) is 0 Å². The van der Waals surface area contributed by atoms with Crippen molar-refractivity contribution in [2.24, 2.45) is 0 Å². The Morgan fingerprint density at radius 1 is 1.24 bits per heavy atom. The average Bonchev–Trinajstić information content (AvgIpc) is 2.59. The lowest BCUT2D eigenvalue weighted by Crippen LogP contribution is -2.24. The first kappa shape index (κ1) is 23.8. The molecule has 2 aromatic rings. The van der Waals surface area contributed by atoms with Crippen molar-refractivity contribution in [3.63, 3.8) is 0 Å². The Labute approximate surface area is 167 Å². The summed E-state index contributed by atoms with van der Waals surface area (Å²) in [5, 5.41) is 3.99. The monoisotopic (exact) mass is 406 g/mol. The van der Waals surface area contributed by atoms with Gasteiger partial charge in [0.05, 0.1) is 12.1 Å². The van der Waals surface area contributed by atoms with Gasteiger partial charge in [-0.3, -0.25) is 4.98 Å². The van der Waals surface area contributed by atoms with E-state index in [1.807, 2.05) is 24.3 Å². The van der Waals surface area contributed by atoms with E-state index in [0.717, 1.165) is 24.1 Å². The van der Waals surface area contributed by atoms with Crippen LogP contribution in [0.3, 0.4) is 0 Å². The Kier molecular flexibility index (Phi) is 11.6. The third-order valence-electron chi connectivity index (χ3n) is 3.66. The fourth-order valence-corrected chi connectivity index (χ4v) is 2.38. The smallest absolute Gasteiger partial charge is 0.180 e. The van der Waals surface area contributed by atoms with E-state index in [4.69, 9.17) is 21.1 Å². The molecule has 1 aromatic heterocycles. The van der Waals surface area contributed by atoms with Crippen molar-refractivity contribution in [2.45, 2.75) is 39.5 Å². The quantitative estimate of drug-likeness (QED) is 0.664. The van der Waals surface area contributed by atoms with Gasteiger partial charge in [0.25, 0.3) is 0 Å². The lowest BCUT2D eigenvalue weighted by molar-refractivity contribution is 0.284. The molecule has 1 aromatic carbocycles. The molecule has 7 heteroatoms. The predicted molar refractivity (Wildman–Crippen MR) is 108 cm³/mol. The minimum absolute atomic E-state index is 0. The van der Waals surface area contributed by atoms with Gasteiger partial charge in [0.15, 0.2) is 11.5 Å². The van der Waals surface area contributed by atoms with Gasteiger partial charge in [-0.05, 0) is 37.1 Å². The van der Waals surface area contributed by atoms with Gasteiger partial charge in [-0.2, -0.15) is 0 Å². The van der Waals surface area contributed by atoms with Crippen LogP contribution >= 0.6 is 36.4 Å². The van der Waals surface area contributed by atoms with Crippen LogP contribution < -0.4 is 14.8 Å². The topological polar surface area (TPSA) is 43.4 Å². The zero-order valence-corrected chi connectivity index (χ0v) is 17.0. The van der Waals surface area contributed by atoms with Crippen LogP contribution in [-0.2, 0) is 13.2 Å². The van der Waals surface area contributed by atoms with Gasteiger partial charge in [-0.15, -0.1) is 24.8 Å². The van der Waals surface area contributed by atoms with Gasteiger partial charge < -0.3 is 14.8 Å². The number of hydrogen-bond donors (Lipinski definition) is 1. The number of pyridine rings is 1. The zero-order valence-electron chi connectivity index (χ0n) is 14.6. The minimum Gasteiger partial charge on any atom is -0.493 e. The van der Waals surface area contributed by atoms with Gasteiger partial charge in [0.1, 0.15) is 6.61 Å². The van der Waals surface area contributed by atoms with Crippen molar-refractivity contribution >= 4 is 36.4 Å². The molecule has 0 fully saturated rings. The summed E-state index contributed by atoms with van der Waals surface area (Å²) < 4.78 is 11.3. The lowest BCUT2D eigenvalue weighted by Gasteiger charge is -2.16. The second-order valence-electron chi connectivity index (χ2n) is 5.45. The summed E-state index contributed by atoms with van der Waals surface area (Å²) in [5.41, 5.74) is 2.05. The van der Waals surface area contributed by atoms with Crippen molar-refractivity contribution < 1.29 is 9.47 Å². The van der Waals surface area contributed by atoms with Crippen molar-refractivity contribution in [1.29, 1.82) is 0 Å². The molecule has 1 atom stereocenters. The summed E-state index contributed by atoms with van der Waals surface area (Å²) in [6, 6.07) is 8.16. The molecule has 1 N–H and O–H groups in total. The van der Waals surface area contributed by atoms with Crippen LogP contribution in [0.4, 0.5) is 0 Å². The second kappa shape index (κ2) is 12.2. The van der Waals surface area contributed by atoms with Gasteiger partial charge in [-0.1, -0.05) is 24.6 Å². The molecule has 0 aliphatic rings. The molecule has 25 heavy (non-hydrogen) atoms. The summed E-state index contributed by atoms with van der Waals surface area (Å²) in [7, 11) is 1.62. The SMILES string of the molecule is CCC(C)NCc1cc(Cl)c(OCc2cccnc2)c(OC)c1.Cl.Cl. The molecule has 0 amide bonds. The van der Waals surface area contributed by atoms with E-state index >= 15 is 0 Å². The van der Waals surface area contributed by atoms with Gasteiger partial charge in [0, 0.05) is 30.5 Å². The molecule has 0 aliphatic carbocycles. The largest absolute Gasteiger partial charge is 0.493 e. The number of methoxy groups -OCH3 is 1.